The molecule has 0 N–H and O–H groups in total. The molecular formula is C21H28N4O. The van der Waals surface area contributed by atoms with Crippen molar-refractivity contribution in [3.05, 3.63) is 53.3 Å². The molecule has 2 aromatic rings. The maximum Gasteiger partial charge on any atom is 0.239 e. The van der Waals surface area contributed by atoms with Gasteiger partial charge in [-0.05, 0) is 37.8 Å². The van der Waals surface area contributed by atoms with Gasteiger partial charge in [0.2, 0.25) is 5.91 Å². The van der Waals surface area contributed by atoms with Gasteiger partial charge >= 0.3 is 0 Å². The zero-order chi connectivity index (χ0) is 17.9. The van der Waals surface area contributed by atoms with E-state index in [2.05, 4.69) is 51.7 Å². The van der Waals surface area contributed by atoms with E-state index in [0.29, 0.717) is 5.91 Å². The van der Waals surface area contributed by atoms with E-state index in [1.165, 1.54) is 17.7 Å². The number of hydrogen-bond donors (Lipinski definition) is 0. The van der Waals surface area contributed by atoms with Crippen LogP contribution in [0.15, 0.2) is 36.4 Å². The first-order valence-electron chi connectivity index (χ1n) is 9.83. The third-order valence-electron chi connectivity index (χ3n) is 5.68. The van der Waals surface area contributed by atoms with E-state index >= 15 is 0 Å². The van der Waals surface area contributed by atoms with Crippen LogP contribution in [-0.4, -0.2) is 51.2 Å². The second-order valence-corrected chi connectivity index (χ2v) is 7.54. The molecule has 5 heteroatoms. The van der Waals surface area contributed by atoms with Crippen molar-refractivity contribution < 1.29 is 4.79 Å². The van der Waals surface area contributed by atoms with E-state index in [-0.39, 0.29) is 6.04 Å². The van der Waals surface area contributed by atoms with Crippen LogP contribution in [-0.2, 0) is 24.3 Å². The Morgan fingerprint density at radius 3 is 2.62 bits per heavy atom. The van der Waals surface area contributed by atoms with Crippen LogP contribution in [0.5, 0.6) is 0 Å². The Bertz CT molecular complexity index is 749. The van der Waals surface area contributed by atoms with Crippen LogP contribution in [0.3, 0.4) is 0 Å². The number of aromatic nitrogens is 2. The van der Waals surface area contributed by atoms with Crippen LogP contribution in [0, 0.1) is 0 Å². The summed E-state index contributed by atoms with van der Waals surface area (Å²) in [5.41, 5.74) is 3.62. The fourth-order valence-electron chi connectivity index (χ4n) is 4.10. The number of rotatable bonds is 4. The molecule has 0 radical (unpaired) electrons. The summed E-state index contributed by atoms with van der Waals surface area (Å²) in [5.74, 6) is 0.294. The molecule has 0 unspecified atom stereocenters. The van der Waals surface area contributed by atoms with E-state index in [4.69, 9.17) is 5.10 Å². The summed E-state index contributed by atoms with van der Waals surface area (Å²) in [7, 11) is 0. The molecule has 5 nitrogen and oxygen atoms in total. The molecule has 1 atom stereocenters. The molecule has 0 bridgehead atoms. The molecule has 1 saturated heterocycles. The Labute approximate surface area is 155 Å². The van der Waals surface area contributed by atoms with Crippen molar-refractivity contribution in [2.75, 3.05) is 19.6 Å². The Hall–Kier alpha value is -2.14. The Morgan fingerprint density at radius 2 is 1.85 bits per heavy atom. The monoisotopic (exact) mass is 352 g/mol. The standard InChI is InChI=1S/C21H28N4O/c1-17(21(26)23-10-6-3-7-11-23)24-12-13-25-20(16-24)15-19(22-25)14-18-8-4-2-5-9-18/h2,4-5,8-9,15,17H,3,6-7,10-14,16H2,1H3/t17-/m0/s1. The van der Waals surface area contributed by atoms with Crippen molar-refractivity contribution >= 4 is 5.91 Å². The van der Waals surface area contributed by atoms with Gasteiger partial charge in [0, 0.05) is 32.6 Å². The number of fused-ring (bicyclic) bond motifs is 1. The lowest BCUT2D eigenvalue weighted by atomic mass is 10.1. The molecule has 3 heterocycles. The van der Waals surface area contributed by atoms with Crippen LogP contribution >= 0.6 is 0 Å². The average Bonchev–Trinajstić information content (AvgIpc) is 3.09. The van der Waals surface area contributed by atoms with Gasteiger partial charge in [0.15, 0.2) is 0 Å². The van der Waals surface area contributed by atoms with Crippen LogP contribution in [0.4, 0.5) is 0 Å². The largest absolute Gasteiger partial charge is 0.341 e. The minimum Gasteiger partial charge on any atom is -0.341 e. The maximum atomic E-state index is 12.8. The highest BCUT2D eigenvalue weighted by molar-refractivity contribution is 5.81. The van der Waals surface area contributed by atoms with Crippen molar-refractivity contribution in [2.24, 2.45) is 0 Å². The van der Waals surface area contributed by atoms with Gasteiger partial charge in [-0.15, -0.1) is 0 Å². The summed E-state index contributed by atoms with van der Waals surface area (Å²) in [6.07, 6.45) is 4.41. The summed E-state index contributed by atoms with van der Waals surface area (Å²) in [6.45, 7) is 6.48. The van der Waals surface area contributed by atoms with Crippen molar-refractivity contribution in [3.8, 4) is 0 Å². The molecule has 0 saturated carbocycles. The first-order valence-corrected chi connectivity index (χ1v) is 9.83. The SMILES string of the molecule is C[C@@H](C(=O)N1CCCCC1)N1CCn2nc(Cc3ccccc3)cc2C1. The number of piperidine rings is 1. The molecular weight excluding hydrogens is 324 g/mol. The Balaban J connectivity index is 1.41. The highest BCUT2D eigenvalue weighted by atomic mass is 16.2. The predicted molar refractivity (Wildman–Crippen MR) is 102 cm³/mol. The fraction of sp³-hybridized carbons (Fsp3) is 0.524. The first kappa shape index (κ1) is 17.3. The zero-order valence-corrected chi connectivity index (χ0v) is 15.6. The zero-order valence-electron chi connectivity index (χ0n) is 15.6. The lowest BCUT2D eigenvalue weighted by Crippen LogP contribution is -2.50. The summed E-state index contributed by atoms with van der Waals surface area (Å²) in [6, 6.07) is 12.6. The summed E-state index contributed by atoms with van der Waals surface area (Å²) >= 11 is 0. The molecule has 2 aliphatic rings. The van der Waals surface area contributed by atoms with Crippen molar-refractivity contribution in [1.29, 1.82) is 0 Å². The third kappa shape index (κ3) is 3.68. The van der Waals surface area contributed by atoms with Crippen LogP contribution in [0.25, 0.3) is 0 Å². The summed E-state index contributed by atoms with van der Waals surface area (Å²) in [4.78, 5) is 17.2. The van der Waals surface area contributed by atoms with Gasteiger partial charge in [0.1, 0.15) is 0 Å². The van der Waals surface area contributed by atoms with Gasteiger partial charge in [0.05, 0.1) is 24.0 Å². The van der Waals surface area contributed by atoms with E-state index in [9.17, 15) is 4.79 Å². The van der Waals surface area contributed by atoms with Crippen molar-refractivity contribution in [2.45, 2.75) is 51.7 Å². The molecule has 26 heavy (non-hydrogen) atoms. The van der Waals surface area contributed by atoms with Crippen LogP contribution < -0.4 is 0 Å². The number of benzene rings is 1. The minimum atomic E-state index is -0.0469. The minimum absolute atomic E-state index is 0.0469. The topological polar surface area (TPSA) is 41.4 Å². The molecule has 0 spiro atoms. The van der Waals surface area contributed by atoms with Crippen molar-refractivity contribution in [1.82, 2.24) is 19.6 Å². The van der Waals surface area contributed by atoms with Gasteiger partial charge < -0.3 is 4.90 Å². The fourth-order valence-corrected chi connectivity index (χ4v) is 4.10. The average molecular weight is 352 g/mol. The predicted octanol–water partition coefficient (Wildman–Crippen LogP) is 2.69. The molecule has 138 valence electrons. The molecule has 1 fully saturated rings. The van der Waals surface area contributed by atoms with Crippen LogP contribution in [0.2, 0.25) is 0 Å². The van der Waals surface area contributed by atoms with Gasteiger partial charge in [-0.25, -0.2) is 0 Å². The Kier molecular flexibility index (Phi) is 5.07. The normalized spacial score (nSPS) is 19.2. The number of amides is 1. The molecule has 1 aromatic carbocycles. The number of carbonyl (C=O) groups is 1. The van der Waals surface area contributed by atoms with E-state index < -0.39 is 0 Å². The molecule has 2 aliphatic heterocycles. The number of nitrogens with zero attached hydrogens (tertiary/aromatic N) is 4. The third-order valence-corrected chi connectivity index (χ3v) is 5.68. The van der Waals surface area contributed by atoms with E-state index in [1.54, 1.807) is 0 Å². The lowest BCUT2D eigenvalue weighted by Gasteiger charge is -2.36. The van der Waals surface area contributed by atoms with E-state index in [1.807, 2.05) is 6.07 Å². The first-order chi connectivity index (χ1) is 12.7. The van der Waals surface area contributed by atoms with Gasteiger partial charge in [-0.2, -0.15) is 5.10 Å². The second kappa shape index (κ2) is 7.62. The number of likely N-dealkylation sites (tertiary alicyclic amines) is 1. The van der Waals surface area contributed by atoms with Gasteiger partial charge in [-0.3, -0.25) is 14.4 Å². The number of carbonyl (C=O) groups excluding carboxylic acids is 1. The second-order valence-electron chi connectivity index (χ2n) is 7.54. The summed E-state index contributed by atoms with van der Waals surface area (Å²) < 4.78 is 2.12. The smallest absolute Gasteiger partial charge is 0.239 e. The lowest BCUT2D eigenvalue weighted by molar-refractivity contribution is -0.137. The van der Waals surface area contributed by atoms with Crippen LogP contribution in [0.1, 0.15) is 43.1 Å². The van der Waals surface area contributed by atoms with E-state index in [0.717, 1.165) is 57.7 Å². The maximum absolute atomic E-state index is 12.8. The molecule has 4 rings (SSSR count). The van der Waals surface area contributed by atoms with Gasteiger partial charge in [0.25, 0.3) is 0 Å². The highest BCUT2D eigenvalue weighted by Gasteiger charge is 2.29. The number of hydrogen-bond acceptors (Lipinski definition) is 3. The highest BCUT2D eigenvalue weighted by Crippen LogP contribution is 2.20. The van der Waals surface area contributed by atoms with Crippen molar-refractivity contribution in [3.63, 3.8) is 0 Å². The quantitative estimate of drug-likeness (QED) is 0.850. The van der Waals surface area contributed by atoms with Gasteiger partial charge in [-0.1, -0.05) is 30.3 Å². The molecule has 0 aliphatic carbocycles. The Morgan fingerprint density at radius 1 is 1.08 bits per heavy atom. The molecule has 1 aromatic heterocycles. The molecule has 1 amide bonds. The summed E-state index contributed by atoms with van der Waals surface area (Å²) in [5, 5.41) is 4.77.